The van der Waals surface area contributed by atoms with Gasteiger partial charge < -0.3 is 14.7 Å². The first-order valence-corrected chi connectivity index (χ1v) is 9.90. The Balaban J connectivity index is 1.45. The zero-order valence-electron chi connectivity index (χ0n) is 16.4. The van der Waals surface area contributed by atoms with Gasteiger partial charge in [0.05, 0.1) is 0 Å². The largest absolute Gasteiger partial charge is 0.433 e. The van der Waals surface area contributed by atoms with Gasteiger partial charge in [-0.25, -0.2) is 19.9 Å². The summed E-state index contributed by atoms with van der Waals surface area (Å²) in [4.78, 5) is 22.9. The fourth-order valence-corrected chi connectivity index (χ4v) is 3.82. The lowest BCUT2D eigenvalue weighted by Gasteiger charge is -2.36. The molecule has 2 aliphatic heterocycles. The van der Waals surface area contributed by atoms with Gasteiger partial charge in [0.1, 0.15) is 35.3 Å². The number of rotatable bonds is 3. The van der Waals surface area contributed by atoms with Crippen LogP contribution in [0.15, 0.2) is 18.5 Å². The summed E-state index contributed by atoms with van der Waals surface area (Å²) in [5.74, 6) is 2.87. The summed E-state index contributed by atoms with van der Waals surface area (Å²) in [6.45, 7) is 6.36. The van der Waals surface area contributed by atoms with E-state index in [4.69, 9.17) is 0 Å². The molecule has 2 aromatic rings. The molecule has 29 heavy (non-hydrogen) atoms. The molecule has 0 amide bonds. The van der Waals surface area contributed by atoms with Crippen LogP contribution in [-0.4, -0.2) is 59.2 Å². The van der Waals surface area contributed by atoms with Crippen molar-refractivity contribution in [3.8, 4) is 0 Å². The van der Waals surface area contributed by atoms with E-state index in [9.17, 15) is 13.2 Å². The average molecular weight is 407 g/mol. The van der Waals surface area contributed by atoms with Crippen molar-refractivity contribution in [2.45, 2.75) is 32.4 Å². The number of piperazine rings is 1. The van der Waals surface area contributed by atoms with Gasteiger partial charge >= 0.3 is 6.18 Å². The fraction of sp³-hybridized carbons (Fsp3) is 0.579. The maximum absolute atomic E-state index is 12.9. The third-order valence-electron chi connectivity index (χ3n) is 5.36. The normalized spacial score (nSPS) is 18.3. The Morgan fingerprint density at radius 3 is 1.86 bits per heavy atom. The first-order chi connectivity index (χ1) is 13.9. The Morgan fingerprint density at radius 1 is 0.724 bits per heavy atom. The van der Waals surface area contributed by atoms with Crippen LogP contribution in [0.5, 0.6) is 0 Å². The van der Waals surface area contributed by atoms with Gasteiger partial charge in [-0.1, -0.05) is 0 Å². The van der Waals surface area contributed by atoms with Crippen LogP contribution in [-0.2, 0) is 6.18 Å². The first-order valence-electron chi connectivity index (χ1n) is 9.90. The number of anilines is 3. The van der Waals surface area contributed by atoms with Gasteiger partial charge in [0.2, 0.25) is 0 Å². The van der Waals surface area contributed by atoms with Crippen LogP contribution in [0.3, 0.4) is 0 Å². The second kappa shape index (κ2) is 8.00. The van der Waals surface area contributed by atoms with Crippen molar-refractivity contribution in [2.24, 2.45) is 0 Å². The number of hydrogen-bond donors (Lipinski definition) is 0. The molecule has 0 spiro atoms. The number of aryl methyl sites for hydroxylation is 1. The number of hydrogen-bond acceptors (Lipinski definition) is 7. The lowest BCUT2D eigenvalue weighted by molar-refractivity contribution is -0.141. The molecule has 0 aromatic carbocycles. The number of alkyl halides is 3. The van der Waals surface area contributed by atoms with Crippen molar-refractivity contribution in [1.29, 1.82) is 0 Å². The van der Waals surface area contributed by atoms with Crippen molar-refractivity contribution in [2.75, 3.05) is 54.0 Å². The number of piperidine rings is 1. The monoisotopic (exact) mass is 407 g/mol. The minimum Gasteiger partial charge on any atom is -0.356 e. The highest BCUT2D eigenvalue weighted by Crippen LogP contribution is 2.29. The van der Waals surface area contributed by atoms with Crippen LogP contribution in [0, 0.1) is 6.92 Å². The predicted octanol–water partition coefficient (Wildman–Crippen LogP) is 2.91. The number of nitrogens with zero attached hydrogens (tertiary/aromatic N) is 7. The molecule has 156 valence electrons. The molecule has 7 nitrogen and oxygen atoms in total. The molecule has 0 atom stereocenters. The second-order valence-corrected chi connectivity index (χ2v) is 7.41. The third-order valence-corrected chi connectivity index (χ3v) is 5.36. The predicted molar refractivity (Wildman–Crippen MR) is 104 cm³/mol. The van der Waals surface area contributed by atoms with Crippen LogP contribution in [0.25, 0.3) is 0 Å². The Hall–Kier alpha value is -2.65. The van der Waals surface area contributed by atoms with E-state index in [1.165, 1.54) is 19.3 Å². The van der Waals surface area contributed by atoms with Crippen LogP contribution < -0.4 is 14.7 Å². The minimum absolute atomic E-state index is 0.305. The molecule has 0 bridgehead atoms. The van der Waals surface area contributed by atoms with E-state index in [1.807, 2.05) is 17.9 Å². The highest BCUT2D eigenvalue weighted by molar-refractivity contribution is 5.53. The molecule has 4 heterocycles. The van der Waals surface area contributed by atoms with Crippen LogP contribution in [0.2, 0.25) is 0 Å². The standard InChI is InChI=1S/C19H24F3N7/c1-14-25-17(27-5-3-2-4-6-27)12-18(26-14)29-9-7-28(8-10-29)16-11-15(19(20,21)22)23-13-24-16/h11-13H,2-10H2,1H3. The molecule has 2 saturated heterocycles. The highest BCUT2D eigenvalue weighted by Gasteiger charge is 2.33. The molecule has 0 aliphatic carbocycles. The van der Waals surface area contributed by atoms with Crippen molar-refractivity contribution in [3.63, 3.8) is 0 Å². The SMILES string of the molecule is Cc1nc(N2CCCCC2)cc(N2CCN(c3cc(C(F)(F)F)ncn3)CC2)n1. The average Bonchev–Trinajstić information content (AvgIpc) is 2.73. The van der Waals surface area contributed by atoms with Crippen LogP contribution in [0.4, 0.5) is 30.6 Å². The maximum Gasteiger partial charge on any atom is 0.433 e. The smallest absolute Gasteiger partial charge is 0.356 e. The van der Waals surface area contributed by atoms with Gasteiger partial charge in [0.25, 0.3) is 0 Å². The molecule has 4 rings (SSSR count). The molecular weight excluding hydrogens is 383 g/mol. The molecule has 0 unspecified atom stereocenters. The van der Waals surface area contributed by atoms with Gasteiger partial charge in [0.15, 0.2) is 0 Å². The lowest BCUT2D eigenvalue weighted by atomic mass is 10.1. The van der Waals surface area contributed by atoms with Crippen molar-refractivity contribution in [1.82, 2.24) is 19.9 Å². The van der Waals surface area contributed by atoms with Gasteiger partial charge in [-0.2, -0.15) is 13.2 Å². The molecule has 2 fully saturated rings. The van der Waals surface area contributed by atoms with Gasteiger partial charge in [0, 0.05) is 51.4 Å². The van der Waals surface area contributed by atoms with Crippen LogP contribution in [0.1, 0.15) is 30.8 Å². The number of halogens is 3. The van der Waals surface area contributed by atoms with E-state index >= 15 is 0 Å². The fourth-order valence-electron chi connectivity index (χ4n) is 3.82. The van der Waals surface area contributed by atoms with Crippen molar-refractivity contribution < 1.29 is 13.2 Å². The summed E-state index contributed by atoms with van der Waals surface area (Å²) in [6, 6.07) is 3.04. The zero-order chi connectivity index (χ0) is 20.4. The molecular formula is C19H24F3N7. The topological polar surface area (TPSA) is 61.3 Å². The molecule has 0 radical (unpaired) electrons. The minimum atomic E-state index is -4.47. The third kappa shape index (κ3) is 4.51. The lowest BCUT2D eigenvalue weighted by Crippen LogP contribution is -2.47. The Labute approximate surface area is 167 Å². The van der Waals surface area contributed by atoms with E-state index in [0.29, 0.717) is 32.0 Å². The van der Waals surface area contributed by atoms with Crippen molar-refractivity contribution >= 4 is 17.5 Å². The van der Waals surface area contributed by atoms with Gasteiger partial charge in [-0.15, -0.1) is 0 Å². The summed E-state index contributed by atoms with van der Waals surface area (Å²) >= 11 is 0. The summed E-state index contributed by atoms with van der Waals surface area (Å²) in [7, 11) is 0. The molecule has 2 aliphatic rings. The Morgan fingerprint density at radius 2 is 1.28 bits per heavy atom. The van der Waals surface area contributed by atoms with Crippen LogP contribution >= 0.6 is 0 Å². The molecule has 2 aromatic heterocycles. The van der Waals surface area contributed by atoms with Gasteiger partial charge in [-0.05, 0) is 26.2 Å². The summed E-state index contributed by atoms with van der Waals surface area (Å²) in [5, 5.41) is 0. The Kier molecular flexibility index (Phi) is 5.42. The zero-order valence-corrected chi connectivity index (χ0v) is 16.4. The maximum atomic E-state index is 12.9. The van der Waals surface area contributed by atoms with E-state index in [-0.39, 0.29) is 0 Å². The summed E-state index contributed by atoms with van der Waals surface area (Å²) in [5.41, 5.74) is -0.914. The second-order valence-electron chi connectivity index (χ2n) is 7.41. The first kappa shape index (κ1) is 19.7. The molecule has 10 heteroatoms. The van der Waals surface area contributed by atoms with E-state index in [0.717, 1.165) is 42.9 Å². The summed E-state index contributed by atoms with van der Waals surface area (Å²) in [6.07, 6.45) is 0.117. The van der Waals surface area contributed by atoms with E-state index in [2.05, 4.69) is 29.7 Å². The number of aromatic nitrogens is 4. The molecule has 0 saturated carbocycles. The van der Waals surface area contributed by atoms with Crippen molar-refractivity contribution in [3.05, 3.63) is 30.0 Å². The Bertz CT molecular complexity index is 844. The quantitative estimate of drug-likeness (QED) is 0.775. The van der Waals surface area contributed by atoms with Gasteiger partial charge in [-0.3, -0.25) is 0 Å². The summed E-state index contributed by atoms with van der Waals surface area (Å²) < 4.78 is 38.7. The molecule has 0 N–H and O–H groups in total. The van der Waals surface area contributed by atoms with E-state index in [1.54, 1.807) is 0 Å². The highest BCUT2D eigenvalue weighted by atomic mass is 19.4. The van der Waals surface area contributed by atoms with E-state index < -0.39 is 11.9 Å².